The minimum Gasteiger partial charge on any atom is -0.356 e. The first kappa shape index (κ1) is 22.8. The van der Waals surface area contributed by atoms with E-state index in [0.717, 1.165) is 10.7 Å². The Morgan fingerprint density at radius 2 is 1.96 bits per heavy atom. The van der Waals surface area contributed by atoms with E-state index in [9.17, 15) is 4.39 Å². The standard InChI is InChI=1S/C19H27FN4S.HI/c1-13(2)16-11-25-17(24-16)10-22-18(21-5)23-12-19(3,4)14-8-6-7-9-15(14)20;/h6-9,11,13H,10,12H2,1-5H3,(H2,21,22,23);1H. The van der Waals surface area contributed by atoms with Crippen molar-refractivity contribution in [2.24, 2.45) is 4.99 Å². The molecule has 0 radical (unpaired) electrons. The lowest BCUT2D eigenvalue weighted by Crippen LogP contribution is -2.43. The highest BCUT2D eigenvalue weighted by molar-refractivity contribution is 14.0. The Bertz CT molecular complexity index is 728. The van der Waals surface area contributed by atoms with E-state index in [1.54, 1.807) is 24.5 Å². The molecule has 2 aromatic rings. The molecule has 144 valence electrons. The van der Waals surface area contributed by atoms with Crippen molar-refractivity contribution in [3.05, 3.63) is 51.7 Å². The summed E-state index contributed by atoms with van der Waals surface area (Å²) in [6.07, 6.45) is 0. The quantitative estimate of drug-likeness (QED) is 0.352. The smallest absolute Gasteiger partial charge is 0.191 e. The Morgan fingerprint density at radius 1 is 1.27 bits per heavy atom. The maximum atomic E-state index is 14.0. The Labute approximate surface area is 176 Å². The van der Waals surface area contributed by atoms with Gasteiger partial charge in [-0.3, -0.25) is 4.99 Å². The molecule has 0 aliphatic carbocycles. The van der Waals surface area contributed by atoms with Gasteiger partial charge in [0.05, 0.1) is 12.2 Å². The Hall–Kier alpha value is -1.22. The lowest BCUT2D eigenvalue weighted by atomic mass is 9.84. The van der Waals surface area contributed by atoms with Crippen LogP contribution in [0.15, 0.2) is 34.6 Å². The first-order chi connectivity index (χ1) is 11.8. The second kappa shape index (κ2) is 10.2. The maximum Gasteiger partial charge on any atom is 0.191 e. The molecular formula is C19H28FIN4S. The topological polar surface area (TPSA) is 49.3 Å². The molecule has 0 spiro atoms. The largest absolute Gasteiger partial charge is 0.356 e. The number of halogens is 2. The van der Waals surface area contributed by atoms with Gasteiger partial charge in [0.15, 0.2) is 5.96 Å². The summed E-state index contributed by atoms with van der Waals surface area (Å²) in [5.74, 6) is 0.941. The average Bonchev–Trinajstić information content (AvgIpc) is 3.04. The van der Waals surface area contributed by atoms with Gasteiger partial charge in [-0.15, -0.1) is 35.3 Å². The first-order valence-electron chi connectivity index (χ1n) is 8.47. The summed E-state index contributed by atoms with van der Waals surface area (Å²) in [5.41, 5.74) is 1.46. The molecule has 1 heterocycles. The molecular weight excluding hydrogens is 462 g/mol. The fourth-order valence-electron chi connectivity index (χ4n) is 2.46. The van der Waals surface area contributed by atoms with E-state index >= 15 is 0 Å². The zero-order chi connectivity index (χ0) is 18.4. The van der Waals surface area contributed by atoms with E-state index in [1.807, 2.05) is 26.0 Å². The number of aliphatic imine (C=N–C) groups is 1. The number of nitrogens with zero attached hydrogens (tertiary/aromatic N) is 2. The number of guanidine groups is 1. The van der Waals surface area contributed by atoms with Gasteiger partial charge >= 0.3 is 0 Å². The zero-order valence-corrected chi connectivity index (χ0v) is 19.1. The van der Waals surface area contributed by atoms with Crippen LogP contribution in [0.2, 0.25) is 0 Å². The van der Waals surface area contributed by atoms with E-state index < -0.39 is 0 Å². The molecule has 0 bridgehead atoms. The van der Waals surface area contributed by atoms with Gasteiger partial charge in [0.1, 0.15) is 10.8 Å². The average molecular weight is 490 g/mol. The molecule has 0 atom stereocenters. The summed E-state index contributed by atoms with van der Waals surface area (Å²) in [7, 11) is 1.73. The summed E-state index contributed by atoms with van der Waals surface area (Å²) >= 11 is 1.65. The maximum absolute atomic E-state index is 14.0. The van der Waals surface area contributed by atoms with E-state index in [2.05, 4.69) is 39.8 Å². The number of rotatable bonds is 6. The Balaban J connectivity index is 0.00000338. The molecule has 26 heavy (non-hydrogen) atoms. The second-order valence-corrected chi connectivity index (χ2v) is 7.91. The fourth-order valence-corrected chi connectivity index (χ4v) is 3.36. The second-order valence-electron chi connectivity index (χ2n) is 6.96. The van der Waals surface area contributed by atoms with Crippen LogP contribution in [0.1, 0.15) is 49.9 Å². The summed E-state index contributed by atoms with van der Waals surface area (Å²) in [5, 5.41) is 9.68. The summed E-state index contributed by atoms with van der Waals surface area (Å²) in [6, 6.07) is 6.90. The highest BCUT2D eigenvalue weighted by Crippen LogP contribution is 2.24. The minimum absolute atomic E-state index is 0. The fraction of sp³-hybridized carbons (Fsp3) is 0.474. The highest BCUT2D eigenvalue weighted by Gasteiger charge is 2.24. The number of benzene rings is 1. The summed E-state index contributed by atoms with van der Waals surface area (Å²) in [6.45, 7) is 9.50. The Morgan fingerprint density at radius 3 is 2.54 bits per heavy atom. The van der Waals surface area contributed by atoms with Crippen LogP contribution in [-0.4, -0.2) is 24.5 Å². The molecule has 0 saturated carbocycles. The number of thiazole rings is 1. The van der Waals surface area contributed by atoms with Crippen molar-refractivity contribution in [2.45, 2.75) is 45.6 Å². The normalized spacial score (nSPS) is 12.0. The molecule has 0 aliphatic rings. The van der Waals surface area contributed by atoms with Crippen molar-refractivity contribution >= 4 is 41.3 Å². The number of hydrogen-bond donors (Lipinski definition) is 2. The van der Waals surface area contributed by atoms with E-state index in [-0.39, 0.29) is 35.2 Å². The highest BCUT2D eigenvalue weighted by atomic mass is 127. The third-order valence-electron chi connectivity index (χ3n) is 4.09. The number of hydrogen-bond acceptors (Lipinski definition) is 3. The monoisotopic (exact) mass is 490 g/mol. The Kier molecular flexibility index (Phi) is 8.95. The van der Waals surface area contributed by atoms with Crippen LogP contribution in [0.5, 0.6) is 0 Å². The zero-order valence-electron chi connectivity index (χ0n) is 16.0. The van der Waals surface area contributed by atoms with Gasteiger partial charge in [0.25, 0.3) is 0 Å². The van der Waals surface area contributed by atoms with Crippen LogP contribution >= 0.6 is 35.3 Å². The van der Waals surface area contributed by atoms with Crippen molar-refractivity contribution in [2.75, 3.05) is 13.6 Å². The molecule has 0 amide bonds. The molecule has 2 N–H and O–H groups in total. The summed E-state index contributed by atoms with van der Waals surface area (Å²) < 4.78 is 14.0. The van der Waals surface area contributed by atoms with Crippen molar-refractivity contribution in [3.63, 3.8) is 0 Å². The van der Waals surface area contributed by atoms with Gasteiger partial charge in [-0.25, -0.2) is 9.37 Å². The molecule has 2 rings (SSSR count). The van der Waals surface area contributed by atoms with E-state index in [4.69, 9.17) is 0 Å². The van der Waals surface area contributed by atoms with Gasteiger partial charge in [-0.1, -0.05) is 45.9 Å². The molecule has 1 aromatic heterocycles. The van der Waals surface area contributed by atoms with Crippen LogP contribution in [-0.2, 0) is 12.0 Å². The predicted molar refractivity (Wildman–Crippen MR) is 119 cm³/mol. The third kappa shape index (κ3) is 6.19. The number of aromatic nitrogens is 1. The predicted octanol–water partition coefficient (Wildman–Crippen LogP) is 4.67. The van der Waals surface area contributed by atoms with Gasteiger partial charge < -0.3 is 10.6 Å². The summed E-state index contributed by atoms with van der Waals surface area (Å²) in [4.78, 5) is 8.85. The van der Waals surface area contributed by atoms with Crippen LogP contribution in [0.3, 0.4) is 0 Å². The van der Waals surface area contributed by atoms with Gasteiger partial charge in [0.2, 0.25) is 0 Å². The van der Waals surface area contributed by atoms with Gasteiger partial charge in [0, 0.05) is 24.4 Å². The lowest BCUT2D eigenvalue weighted by molar-refractivity contribution is 0.473. The lowest BCUT2D eigenvalue weighted by Gasteiger charge is -2.27. The van der Waals surface area contributed by atoms with Crippen LogP contribution in [0, 0.1) is 5.82 Å². The van der Waals surface area contributed by atoms with E-state index in [1.165, 1.54) is 6.07 Å². The van der Waals surface area contributed by atoms with Crippen LogP contribution in [0.4, 0.5) is 4.39 Å². The van der Waals surface area contributed by atoms with Gasteiger partial charge in [-0.05, 0) is 17.5 Å². The molecule has 7 heteroatoms. The number of nitrogens with one attached hydrogen (secondary N) is 2. The molecule has 4 nitrogen and oxygen atoms in total. The van der Waals surface area contributed by atoms with Crippen LogP contribution < -0.4 is 10.6 Å². The molecule has 0 unspecified atom stereocenters. The van der Waals surface area contributed by atoms with Crippen molar-refractivity contribution in [3.8, 4) is 0 Å². The molecule has 0 fully saturated rings. The molecule has 1 aromatic carbocycles. The van der Waals surface area contributed by atoms with Crippen molar-refractivity contribution in [1.29, 1.82) is 0 Å². The third-order valence-corrected chi connectivity index (χ3v) is 4.96. The SMILES string of the molecule is CN=C(NCc1nc(C(C)C)cs1)NCC(C)(C)c1ccccc1F.I. The van der Waals surface area contributed by atoms with Crippen molar-refractivity contribution in [1.82, 2.24) is 15.6 Å². The van der Waals surface area contributed by atoms with Crippen LogP contribution in [0.25, 0.3) is 0 Å². The first-order valence-corrected chi connectivity index (χ1v) is 9.35. The molecule has 0 saturated heterocycles. The van der Waals surface area contributed by atoms with Crippen molar-refractivity contribution < 1.29 is 4.39 Å². The minimum atomic E-state index is -0.352. The van der Waals surface area contributed by atoms with Gasteiger partial charge in [-0.2, -0.15) is 0 Å². The molecule has 0 aliphatic heterocycles. The van der Waals surface area contributed by atoms with E-state index in [0.29, 0.717) is 30.5 Å².